The average molecular weight is 248 g/mol. The van der Waals surface area contributed by atoms with Gasteiger partial charge in [0.1, 0.15) is 0 Å². The van der Waals surface area contributed by atoms with Crippen molar-refractivity contribution in [1.82, 2.24) is 5.32 Å². The second-order valence-electron chi connectivity index (χ2n) is 7.04. The van der Waals surface area contributed by atoms with Crippen molar-refractivity contribution in [3.8, 4) is 0 Å². The predicted octanol–water partition coefficient (Wildman–Crippen LogP) is 4.39. The van der Waals surface area contributed by atoms with Crippen molar-refractivity contribution in [3.63, 3.8) is 0 Å². The first-order chi connectivity index (χ1) is 8.95. The Morgan fingerprint density at radius 3 is 1.72 bits per heavy atom. The van der Waals surface area contributed by atoms with Crippen LogP contribution in [0.1, 0.15) is 70.6 Å². The van der Waals surface area contributed by atoms with E-state index in [1.165, 1.54) is 83.7 Å². The highest BCUT2D eigenvalue weighted by Gasteiger charge is 2.37. The number of hydrogen-bond donors (Lipinski definition) is 0. The zero-order chi connectivity index (χ0) is 12.2. The van der Waals surface area contributed by atoms with Crippen molar-refractivity contribution in [1.29, 1.82) is 0 Å². The quantitative estimate of drug-likeness (QED) is 0.688. The van der Waals surface area contributed by atoms with E-state index in [0.29, 0.717) is 0 Å². The monoisotopic (exact) mass is 248 g/mol. The SMILES string of the molecule is C1CCC(C2CC[N]CC2C2CCCCC2)CC1. The van der Waals surface area contributed by atoms with Crippen molar-refractivity contribution < 1.29 is 0 Å². The standard InChI is InChI=1S/C17H30N/c1-3-7-14(8-4-1)16-11-12-18-13-17(16)15-9-5-2-6-10-15/h14-17H,1-13H2. The lowest BCUT2D eigenvalue weighted by Gasteiger charge is -2.43. The average Bonchev–Trinajstić information content (AvgIpc) is 2.49. The summed E-state index contributed by atoms with van der Waals surface area (Å²) in [6.07, 6.45) is 16.5. The molecule has 0 N–H and O–H groups in total. The van der Waals surface area contributed by atoms with E-state index in [1.807, 2.05) is 0 Å². The van der Waals surface area contributed by atoms with Crippen LogP contribution in [0.15, 0.2) is 0 Å². The van der Waals surface area contributed by atoms with Crippen LogP contribution in [-0.4, -0.2) is 13.1 Å². The molecule has 3 fully saturated rings. The van der Waals surface area contributed by atoms with Crippen LogP contribution in [0.5, 0.6) is 0 Å². The minimum absolute atomic E-state index is 0.974. The van der Waals surface area contributed by atoms with Crippen LogP contribution < -0.4 is 5.32 Å². The highest BCUT2D eigenvalue weighted by Crippen LogP contribution is 2.43. The summed E-state index contributed by atoms with van der Waals surface area (Å²) in [5.41, 5.74) is 0. The van der Waals surface area contributed by atoms with Gasteiger partial charge in [-0.1, -0.05) is 64.2 Å². The van der Waals surface area contributed by atoms with Crippen molar-refractivity contribution >= 4 is 0 Å². The molecule has 2 aliphatic carbocycles. The lowest BCUT2D eigenvalue weighted by molar-refractivity contribution is 0.0778. The van der Waals surface area contributed by atoms with E-state index >= 15 is 0 Å². The lowest BCUT2D eigenvalue weighted by Crippen LogP contribution is -2.41. The number of nitrogens with zero attached hydrogens (tertiary/aromatic N) is 1. The highest BCUT2D eigenvalue weighted by atomic mass is 14.9. The van der Waals surface area contributed by atoms with Crippen LogP contribution in [0.3, 0.4) is 0 Å². The molecule has 1 radical (unpaired) electrons. The molecule has 2 unspecified atom stereocenters. The Labute approximate surface area is 113 Å². The Morgan fingerprint density at radius 1 is 0.556 bits per heavy atom. The molecule has 1 nitrogen and oxygen atoms in total. The van der Waals surface area contributed by atoms with Crippen molar-refractivity contribution in [3.05, 3.63) is 0 Å². The molecule has 3 rings (SSSR count). The fraction of sp³-hybridized carbons (Fsp3) is 1.00. The molecular weight excluding hydrogens is 218 g/mol. The molecule has 0 amide bonds. The van der Waals surface area contributed by atoms with E-state index in [4.69, 9.17) is 5.32 Å². The van der Waals surface area contributed by atoms with E-state index in [0.717, 1.165) is 23.7 Å². The molecule has 0 aromatic carbocycles. The molecule has 103 valence electrons. The molecule has 3 aliphatic rings. The number of hydrogen-bond acceptors (Lipinski definition) is 0. The smallest absolute Gasteiger partial charge is 0.0167 e. The summed E-state index contributed by atoms with van der Waals surface area (Å²) in [5, 5.41) is 4.78. The Balaban J connectivity index is 1.64. The first-order valence-corrected chi connectivity index (χ1v) is 8.58. The van der Waals surface area contributed by atoms with Crippen LogP contribution >= 0.6 is 0 Å². The Kier molecular flexibility index (Phi) is 4.62. The molecule has 0 aromatic rings. The summed E-state index contributed by atoms with van der Waals surface area (Å²) in [6.45, 7) is 2.39. The number of rotatable bonds is 2. The molecule has 1 heteroatoms. The molecule has 0 spiro atoms. The zero-order valence-corrected chi connectivity index (χ0v) is 11.9. The van der Waals surface area contributed by atoms with Gasteiger partial charge >= 0.3 is 0 Å². The summed E-state index contributed by atoms with van der Waals surface area (Å²) in [4.78, 5) is 0. The third-order valence-corrected chi connectivity index (χ3v) is 6.02. The Morgan fingerprint density at radius 2 is 1.11 bits per heavy atom. The van der Waals surface area contributed by atoms with Crippen LogP contribution in [0, 0.1) is 23.7 Å². The van der Waals surface area contributed by atoms with E-state index in [9.17, 15) is 0 Å². The van der Waals surface area contributed by atoms with E-state index in [2.05, 4.69) is 0 Å². The minimum atomic E-state index is 0.974. The second kappa shape index (κ2) is 6.41. The normalized spacial score (nSPS) is 36.7. The molecule has 18 heavy (non-hydrogen) atoms. The van der Waals surface area contributed by atoms with Crippen LogP contribution in [0.4, 0.5) is 0 Å². The Bertz CT molecular complexity index is 212. The van der Waals surface area contributed by atoms with Gasteiger partial charge in [0, 0.05) is 13.1 Å². The first-order valence-electron chi connectivity index (χ1n) is 8.58. The summed E-state index contributed by atoms with van der Waals surface area (Å²) >= 11 is 0. The van der Waals surface area contributed by atoms with Crippen LogP contribution in [-0.2, 0) is 0 Å². The largest absolute Gasteiger partial charge is 0.241 e. The van der Waals surface area contributed by atoms with Crippen LogP contribution in [0.2, 0.25) is 0 Å². The van der Waals surface area contributed by atoms with E-state index in [1.54, 1.807) is 0 Å². The second-order valence-corrected chi connectivity index (χ2v) is 7.04. The fourth-order valence-electron chi connectivity index (χ4n) is 5.04. The van der Waals surface area contributed by atoms with E-state index in [-0.39, 0.29) is 0 Å². The van der Waals surface area contributed by atoms with Gasteiger partial charge < -0.3 is 0 Å². The maximum Gasteiger partial charge on any atom is 0.0167 e. The highest BCUT2D eigenvalue weighted by molar-refractivity contribution is 4.88. The van der Waals surface area contributed by atoms with Crippen molar-refractivity contribution in [2.45, 2.75) is 70.6 Å². The molecular formula is C17H30N. The summed E-state index contributed by atoms with van der Waals surface area (Å²) in [5.74, 6) is 4.13. The third-order valence-electron chi connectivity index (χ3n) is 6.02. The van der Waals surface area contributed by atoms with Gasteiger partial charge in [0.15, 0.2) is 0 Å². The van der Waals surface area contributed by atoms with Gasteiger partial charge in [0.2, 0.25) is 0 Å². The molecule has 0 aromatic heterocycles. The van der Waals surface area contributed by atoms with Gasteiger partial charge in [-0.25, -0.2) is 5.32 Å². The fourth-order valence-corrected chi connectivity index (χ4v) is 5.04. The molecule has 1 heterocycles. The maximum atomic E-state index is 4.78. The molecule has 1 aliphatic heterocycles. The maximum absolute atomic E-state index is 4.78. The Hall–Kier alpha value is -0.0400. The molecule has 1 saturated heterocycles. The van der Waals surface area contributed by atoms with Gasteiger partial charge in [-0.15, -0.1) is 0 Å². The third kappa shape index (κ3) is 2.92. The van der Waals surface area contributed by atoms with Gasteiger partial charge in [0.05, 0.1) is 0 Å². The molecule has 2 atom stereocenters. The minimum Gasteiger partial charge on any atom is -0.241 e. The summed E-state index contributed by atoms with van der Waals surface area (Å²) in [7, 11) is 0. The first kappa shape index (κ1) is 13.0. The predicted molar refractivity (Wildman–Crippen MR) is 76.6 cm³/mol. The molecule has 2 saturated carbocycles. The van der Waals surface area contributed by atoms with Crippen molar-refractivity contribution in [2.75, 3.05) is 13.1 Å². The van der Waals surface area contributed by atoms with Gasteiger partial charge in [-0.2, -0.15) is 0 Å². The van der Waals surface area contributed by atoms with Gasteiger partial charge in [-0.3, -0.25) is 0 Å². The van der Waals surface area contributed by atoms with Gasteiger partial charge in [0.25, 0.3) is 0 Å². The summed E-state index contributed by atoms with van der Waals surface area (Å²) in [6, 6.07) is 0. The van der Waals surface area contributed by atoms with Crippen molar-refractivity contribution in [2.24, 2.45) is 23.7 Å². The van der Waals surface area contributed by atoms with E-state index < -0.39 is 0 Å². The topological polar surface area (TPSA) is 14.1 Å². The van der Waals surface area contributed by atoms with Gasteiger partial charge in [-0.05, 0) is 30.1 Å². The molecule has 0 bridgehead atoms. The zero-order valence-electron chi connectivity index (χ0n) is 11.9. The summed E-state index contributed by atoms with van der Waals surface area (Å²) < 4.78 is 0. The van der Waals surface area contributed by atoms with Crippen LogP contribution in [0.25, 0.3) is 0 Å². The number of piperidine rings is 1. The lowest BCUT2D eigenvalue weighted by atomic mass is 9.65.